The van der Waals surface area contributed by atoms with Crippen LogP contribution in [0.3, 0.4) is 0 Å². The first-order valence-electron chi connectivity index (χ1n) is 7.50. The fourth-order valence-electron chi connectivity index (χ4n) is 2.95. The summed E-state index contributed by atoms with van der Waals surface area (Å²) < 4.78 is 5.33. The molecule has 0 aromatic carbocycles. The van der Waals surface area contributed by atoms with E-state index in [1.54, 1.807) is 17.2 Å². The van der Waals surface area contributed by atoms with Crippen LogP contribution in [0.25, 0.3) is 10.8 Å². The number of amides is 1. The van der Waals surface area contributed by atoms with Gasteiger partial charge in [-0.2, -0.15) is 0 Å². The van der Waals surface area contributed by atoms with E-state index in [1.807, 2.05) is 19.9 Å². The number of carbonyl (C=O) groups excluding carboxylic acids is 1. The summed E-state index contributed by atoms with van der Waals surface area (Å²) in [5.74, 6) is -0.708. The Labute approximate surface area is 137 Å². The van der Waals surface area contributed by atoms with Gasteiger partial charge in [0, 0.05) is 18.0 Å². The molecular formula is C16H18N2O4S. The van der Waals surface area contributed by atoms with Crippen molar-refractivity contribution in [2.75, 3.05) is 13.1 Å². The molecule has 7 heteroatoms. The second kappa shape index (κ2) is 6.16. The number of aliphatic carboxylic acids is 1. The van der Waals surface area contributed by atoms with Crippen LogP contribution in [0.5, 0.6) is 0 Å². The molecule has 0 spiro atoms. The second-order valence-electron chi connectivity index (χ2n) is 5.86. The molecule has 0 saturated carbocycles. The van der Waals surface area contributed by atoms with E-state index in [2.05, 4.69) is 4.98 Å². The lowest BCUT2D eigenvalue weighted by atomic mass is 9.87. The van der Waals surface area contributed by atoms with Crippen LogP contribution in [-0.2, 0) is 4.79 Å². The molecule has 23 heavy (non-hydrogen) atoms. The van der Waals surface area contributed by atoms with E-state index in [9.17, 15) is 14.7 Å². The molecule has 0 bridgehead atoms. The van der Waals surface area contributed by atoms with Crippen LogP contribution in [0.1, 0.15) is 28.7 Å². The van der Waals surface area contributed by atoms with Crippen molar-refractivity contribution in [1.82, 2.24) is 9.88 Å². The van der Waals surface area contributed by atoms with Gasteiger partial charge in [0.15, 0.2) is 10.8 Å². The highest BCUT2D eigenvalue weighted by Gasteiger charge is 2.34. The van der Waals surface area contributed by atoms with Crippen LogP contribution in [0.15, 0.2) is 22.8 Å². The van der Waals surface area contributed by atoms with Gasteiger partial charge < -0.3 is 14.4 Å². The summed E-state index contributed by atoms with van der Waals surface area (Å²) in [4.78, 5) is 30.9. The van der Waals surface area contributed by atoms with Gasteiger partial charge in [0.2, 0.25) is 0 Å². The van der Waals surface area contributed by atoms with Crippen LogP contribution in [-0.4, -0.2) is 40.0 Å². The maximum atomic E-state index is 12.7. The number of thiazole rings is 1. The molecule has 2 atom stereocenters. The first kappa shape index (κ1) is 15.7. The quantitative estimate of drug-likeness (QED) is 0.933. The van der Waals surface area contributed by atoms with E-state index >= 15 is 0 Å². The summed E-state index contributed by atoms with van der Waals surface area (Å²) >= 11 is 1.42. The molecule has 0 radical (unpaired) electrons. The highest BCUT2D eigenvalue weighted by Crippen LogP contribution is 2.30. The first-order chi connectivity index (χ1) is 11.0. The lowest BCUT2D eigenvalue weighted by molar-refractivity contribution is -0.145. The van der Waals surface area contributed by atoms with Crippen molar-refractivity contribution in [3.8, 4) is 10.8 Å². The van der Waals surface area contributed by atoms with Crippen LogP contribution < -0.4 is 0 Å². The number of aromatic nitrogens is 1. The van der Waals surface area contributed by atoms with Crippen molar-refractivity contribution in [3.05, 3.63) is 29.0 Å². The highest BCUT2D eigenvalue weighted by atomic mass is 32.1. The maximum Gasteiger partial charge on any atom is 0.306 e. The van der Waals surface area contributed by atoms with E-state index in [0.29, 0.717) is 36.0 Å². The van der Waals surface area contributed by atoms with Gasteiger partial charge in [-0.05, 0) is 31.4 Å². The molecule has 2 aromatic heterocycles. The highest BCUT2D eigenvalue weighted by molar-refractivity contribution is 7.15. The van der Waals surface area contributed by atoms with E-state index in [4.69, 9.17) is 4.42 Å². The Morgan fingerprint density at radius 2 is 2.26 bits per heavy atom. The average molecular weight is 334 g/mol. The number of aryl methyl sites for hydroxylation is 1. The molecule has 3 heterocycles. The van der Waals surface area contributed by atoms with E-state index in [1.165, 1.54) is 11.3 Å². The van der Waals surface area contributed by atoms with Crippen molar-refractivity contribution < 1.29 is 19.1 Å². The molecule has 3 rings (SSSR count). The molecule has 2 unspecified atom stereocenters. The molecule has 1 amide bonds. The Bertz CT molecular complexity index is 723. The van der Waals surface area contributed by atoms with Gasteiger partial charge in [-0.3, -0.25) is 9.59 Å². The SMILES string of the molecule is Cc1sc(-c2ccco2)nc1C(=O)N1CCC(C(=O)O)C(C)C1. The number of piperidine rings is 1. The molecule has 1 fully saturated rings. The molecule has 1 N–H and O–H groups in total. The summed E-state index contributed by atoms with van der Waals surface area (Å²) in [6, 6.07) is 3.60. The Kier molecular flexibility index (Phi) is 4.21. The van der Waals surface area contributed by atoms with Crippen LogP contribution in [0.4, 0.5) is 0 Å². The van der Waals surface area contributed by atoms with Gasteiger partial charge >= 0.3 is 5.97 Å². The maximum absolute atomic E-state index is 12.7. The van der Waals surface area contributed by atoms with Gasteiger partial charge in [0.05, 0.1) is 12.2 Å². The van der Waals surface area contributed by atoms with E-state index in [-0.39, 0.29) is 17.7 Å². The number of hydrogen-bond donors (Lipinski definition) is 1. The fraction of sp³-hybridized carbons (Fsp3) is 0.438. The van der Waals surface area contributed by atoms with E-state index in [0.717, 1.165) is 4.88 Å². The van der Waals surface area contributed by atoms with E-state index < -0.39 is 5.97 Å². The van der Waals surface area contributed by atoms with Crippen molar-refractivity contribution >= 4 is 23.2 Å². The molecule has 2 aromatic rings. The molecule has 1 aliphatic rings. The Hall–Kier alpha value is -2.15. The third kappa shape index (κ3) is 3.01. The minimum atomic E-state index is -0.783. The molecular weight excluding hydrogens is 316 g/mol. The number of likely N-dealkylation sites (tertiary alicyclic amines) is 1. The third-order valence-electron chi connectivity index (χ3n) is 4.24. The Morgan fingerprint density at radius 1 is 1.48 bits per heavy atom. The van der Waals surface area contributed by atoms with Crippen LogP contribution >= 0.6 is 11.3 Å². The summed E-state index contributed by atoms with van der Waals surface area (Å²) in [6.45, 7) is 4.64. The predicted octanol–water partition coefficient (Wildman–Crippen LogP) is 2.89. The first-order valence-corrected chi connectivity index (χ1v) is 8.32. The predicted molar refractivity (Wildman–Crippen MR) is 85.4 cm³/mol. The van der Waals surface area contributed by atoms with Gasteiger partial charge in [-0.1, -0.05) is 6.92 Å². The monoisotopic (exact) mass is 334 g/mol. The zero-order chi connectivity index (χ0) is 16.6. The minimum Gasteiger partial charge on any atom is -0.481 e. The molecule has 1 aliphatic heterocycles. The largest absolute Gasteiger partial charge is 0.481 e. The summed E-state index contributed by atoms with van der Waals surface area (Å²) in [5, 5.41) is 9.86. The molecule has 6 nitrogen and oxygen atoms in total. The summed E-state index contributed by atoms with van der Waals surface area (Å²) in [7, 11) is 0. The number of carboxylic acid groups (broad SMARTS) is 1. The lowest BCUT2D eigenvalue weighted by Gasteiger charge is -2.34. The summed E-state index contributed by atoms with van der Waals surface area (Å²) in [5.41, 5.74) is 0.433. The number of nitrogens with zero attached hydrogens (tertiary/aromatic N) is 2. The smallest absolute Gasteiger partial charge is 0.306 e. The van der Waals surface area contributed by atoms with Gasteiger partial charge in [-0.25, -0.2) is 4.98 Å². The topological polar surface area (TPSA) is 83.6 Å². The molecule has 1 saturated heterocycles. The Balaban J connectivity index is 1.78. The molecule has 122 valence electrons. The standard InChI is InChI=1S/C16H18N2O4S/c1-9-8-18(6-5-11(9)16(20)21)15(19)13-10(2)23-14(17-13)12-4-3-7-22-12/h3-4,7,9,11H,5-6,8H2,1-2H3,(H,20,21). The van der Waals surface area contributed by atoms with Crippen LogP contribution in [0.2, 0.25) is 0 Å². The summed E-state index contributed by atoms with van der Waals surface area (Å²) in [6.07, 6.45) is 2.06. The third-order valence-corrected chi connectivity index (χ3v) is 5.23. The van der Waals surface area contributed by atoms with Crippen molar-refractivity contribution in [2.24, 2.45) is 11.8 Å². The minimum absolute atomic E-state index is 0.0614. The number of carboxylic acids is 1. The molecule has 0 aliphatic carbocycles. The van der Waals surface area contributed by atoms with Crippen molar-refractivity contribution in [3.63, 3.8) is 0 Å². The number of rotatable bonds is 3. The average Bonchev–Trinajstić information content (AvgIpc) is 3.15. The van der Waals surface area contributed by atoms with Crippen LogP contribution in [0, 0.1) is 18.8 Å². The normalized spacial score (nSPS) is 21.4. The fourth-order valence-corrected chi connectivity index (χ4v) is 3.82. The van der Waals surface area contributed by atoms with Crippen molar-refractivity contribution in [1.29, 1.82) is 0 Å². The van der Waals surface area contributed by atoms with Gasteiger partial charge in [-0.15, -0.1) is 11.3 Å². The zero-order valence-corrected chi connectivity index (χ0v) is 13.8. The second-order valence-corrected chi connectivity index (χ2v) is 7.07. The van der Waals surface area contributed by atoms with Gasteiger partial charge in [0.1, 0.15) is 5.69 Å². The lowest BCUT2D eigenvalue weighted by Crippen LogP contribution is -2.45. The number of carbonyl (C=O) groups is 2. The Morgan fingerprint density at radius 3 is 2.87 bits per heavy atom. The number of hydrogen-bond acceptors (Lipinski definition) is 5. The van der Waals surface area contributed by atoms with Gasteiger partial charge in [0.25, 0.3) is 5.91 Å². The number of furan rings is 1. The zero-order valence-electron chi connectivity index (χ0n) is 13.0. The van der Waals surface area contributed by atoms with Crippen molar-refractivity contribution in [2.45, 2.75) is 20.3 Å².